The summed E-state index contributed by atoms with van der Waals surface area (Å²) in [6, 6.07) is 1.78. The van der Waals surface area contributed by atoms with Crippen LogP contribution >= 0.6 is 0 Å². The molecule has 2 aliphatic rings. The molecule has 25 heavy (non-hydrogen) atoms. The summed E-state index contributed by atoms with van der Waals surface area (Å²) in [4.78, 5) is 36.2. The predicted octanol–water partition coefficient (Wildman–Crippen LogP) is 1.88. The molecule has 1 aliphatic heterocycles. The molecule has 1 aromatic heterocycles. The summed E-state index contributed by atoms with van der Waals surface area (Å²) in [6.07, 6.45) is 3.08. The van der Waals surface area contributed by atoms with Gasteiger partial charge in [0.05, 0.1) is 0 Å². The summed E-state index contributed by atoms with van der Waals surface area (Å²) in [6.45, 7) is 8.04. The second-order valence-corrected chi connectivity index (χ2v) is 7.48. The number of hydrogen-bond acceptors (Lipinski definition) is 6. The summed E-state index contributed by atoms with van der Waals surface area (Å²) in [5.74, 6) is 1.44. The Morgan fingerprint density at radius 1 is 1.16 bits per heavy atom. The van der Waals surface area contributed by atoms with Crippen LogP contribution in [0.2, 0.25) is 0 Å². The molecule has 0 radical (unpaired) electrons. The zero-order valence-electron chi connectivity index (χ0n) is 15.0. The molecule has 0 aromatic carbocycles. The Bertz CT molecular complexity index is 646. The van der Waals surface area contributed by atoms with Crippen LogP contribution in [0.4, 0.5) is 16.4 Å². The van der Waals surface area contributed by atoms with Gasteiger partial charge in [-0.15, -0.1) is 0 Å². The monoisotopic (exact) mass is 347 g/mol. The van der Waals surface area contributed by atoms with Crippen molar-refractivity contribution in [1.29, 1.82) is 0 Å². The van der Waals surface area contributed by atoms with Crippen LogP contribution in [0.5, 0.6) is 0 Å². The van der Waals surface area contributed by atoms with Crippen molar-refractivity contribution < 1.29 is 14.3 Å². The first kappa shape index (κ1) is 17.4. The van der Waals surface area contributed by atoms with E-state index in [2.05, 4.69) is 20.2 Å². The Kier molecular flexibility index (Phi) is 4.78. The highest BCUT2D eigenvalue weighted by Gasteiger charge is 2.30. The number of amides is 2. The summed E-state index contributed by atoms with van der Waals surface area (Å²) < 4.78 is 5.40. The third kappa shape index (κ3) is 4.80. The molecule has 2 amide bonds. The molecular formula is C17H25N5O3. The SMILES string of the molecule is CC(C)(C)OC(=O)N1CCN(c2cc(NC(=O)C3CC3)ncn2)CC1. The standard InChI is InChI=1S/C17H25N5O3/c1-17(2,3)25-16(24)22-8-6-21(7-9-22)14-10-13(18-11-19-14)20-15(23)12-4-5-12/h10-12H,4-9H2,1-3H3,(H,18,19,20,23). The maximum Gasteiger partial charge on any atom is 0.410 e. The van der Waals surface area contributed by atoms with Crippen molar-refractivity contribution in [3.8, 4) is 0 Å². The summed E-state index contributed by atoms with van der Waals surface area (Å²) in [5, 5.41) is 2.83. The normalized spacial score (nSPS) is 18.0. The van der Waals surface area contributed by atoms with Gasteiger partial charge in [-0.05, 0) is 33.6 Å². The van der Waals surface area contributed by atoms with Crippen LogP contribution in [-0.2, 0) is 9.53 Å². The molecule has 0 spiro atoms. The van der Waals surface area contributed by atoms with Crippen LogP contribution in [0, 0.1) is 5.92 Å². The molecule has 8 heteroatoms. The fourth-order valence-corrected chi connectivity index (χ4v) is 2.61. The minimum absolute atomic E-state index is 0.0272. The molecule has 8 nitrogen and oxygen atoms in total. The number of anilines is 2. The highest BCUT2D eigenvalue weighted by molar-refractivity contribution is 5.93. The quantitative estimate of drug-likeness (QED) is 0.898. The van der Waals surface area contributed by atoms with Gasteiger partial charge in [0.25, 0.3) is 0 Å². The van der Waals surface area contributed by atoms with Gasteiger partial charge >= 0.3 is 6.09 Å². The van der Waals surface area contributed by atoms with Gasteiger partial charge in [-0.2, -0.15) is 0 Å². The number of nitrogens with zero attached hydrogens (tertiary/aromatic N) is 4. The van der Waals surface area contributed by atoms with Crippen LogP contribution in [0.25, 0.3) is 0 Å². The minimum atomic E-state index is -0.491. The molecule has 1 aliphatic carbocycles. The number of carbonyl (C=O) groups excluding carboxylic acids is 2. The van der Waals surface area contributed by atoms with Crippen molar-refractivity contribution >= 4 is 23.6 Å². The zero-order chi connectivity index (χ0) is 18.0. The Balaban J connectivity index is 1.55. The van der Waals surface area contributed by atoms with E-state index in [1.807, 2.05) is 20.8 Å². The molecule has 2 fully saturated rings. The minimum Gasteiger partial charge on any atom is -0.444 e. The molecule has 3 rings (SSSR count). The Labute approximate surface area is 147 Å². The van der Waals surface area contributed by atoms with E-state index in [0.717, 1.165) is 18.7 Å². The molecule has 136 valence electrons. The second kappa shape index (κ2) is 6.85. The lowest BCUT2D eigenvalue weighted by Crippen LogP contribution is -2.50. The van der Waals surface area contributed by atoms with E-state index in [0.29, 0.717) is 32.0 Å². The van der Waals surface area contributed by atoms with Gasteiger partial charge in [-0.1, -0.05) is 0 Å². The van der Waals surface area contributed by atoms with Crippen molar-refractivity contribution in [1.82, 2.24) is 14.9 Å². The van der Waals surface area contributed by atoms with E-state index in [9.17, 15) is 9.59 Å². The maximum atomic E-state index is 12.1. The first-order chi connectivity index (χ1) is 11.8. The van der Waals surface area contributed by atoms with Gasteiger partial charge in [0.2, 0.25) is 5.91 Å². The first-order valence-corrected chi connectivity index (χ1v) is 8.67. The number of nitrogens with one attached hydrogen (secondary N) is 1. The van der Waals surface area contributed by atoms with Gasteiger partial charge in [0, 0.05) is 38.2 Å². The number of rotatable bonds is 3. The molecule has 1 N–H and O–H groups in total. The van der Waals surface area contributed by atoms with Crippen LogP contribution in [-0.4, -0.2) is 58.6 Å². The molecule has 1 saturated heterocycles. The summed E-state index contributed by atoms with van der Waals surface area (Å²) >= 11 is 0. The summed E-state index contributed by atoms with van der Waals surface area (Å²) in [7, 11) is 0. The van der Waals surface area contributed by atoms with E-state index in [1.54, 1.807) is 11.0 Å². The van der Waals surface area contributed by atoms with E-state index < -0.39 is 5.60 Å². The highest BCUT2D eigenvalue weighted by Crippen LogP contribution is 2.30. The lowest BCUT2D eigenvalue weighted by molar-refractivity contribution is -0.117. The number of piperazine rings is 1. The molecule has 1 saturated carbocycles. The average Bonchev–Trinajstić information content (AvgIpc) is 3.38. The molecule has 0 bridgehead atoms. The number of ether oxygens (including phenoxy) is 1. The number of hydrogen-bond donors (Lipinski definition) is 1. The van der Waals surface area contributed by atoms with Gasteiger partial charge < -0.3 is 19.9 Å². The van der Waals surface area contributed by atoms with Crippen LogP contribution < -0.4 is 10.2 Å². The molecule has 0 unspecified atom stereocenters. The second-order valence-electron chi connectivity index (χ2n) is 7.48. The number of aromatic nitrogens is 2. The molecule has 0 atom stereocenters. The third-order valence-electron chi connectivity index (χ3n) is 4.11. The van der Waals surface area contributed by atoms with Crippen molar-refractivity contribution in [2.75, 3.05) is 36.4 Å². The fraction of sp³-hybridized carbons (Fsp3) is 0.647. The van der Waals surface area contributed by atoms with E-state index in [-0.39, 0.29) is 17.9 Å². The Morgan fingerprint density at radius 3 is 2.44 bits per heavy atom. The average molecular weight is 347 g/mol. The lowest BCUT2D eigenvalue weighted by Gasteiger charge is -2.36. The Hall–Kier alpha value is -2.38. The Morgan fingerprint density at radius 2 is 1.84 bits per heavy atom. The van der Waals surface area contributed by atoms with Gasteiger partial charge in [-0.25, -0.2) is 14.8 Å². The predicted molar refractivity (Wildman–Crippen MR) is 93.4 cm³/mol. The molecule has 1 aromatic rings. The van der Waals surface area contributed by atoms with Gasteiger partial charge in [0.15, 0.2) is 0 Å². The smallest absolute Gasteiger partial charge is 0.410 e. The van der Waals surface area contributed by atoms with Crippen LogP contribution in [0.3, 0.4) is 0 Å². The van der Waals surface area contributed by atoms with Gasteiger partial charge in [0.1, 0.15) is 23.6 Å². The van der Waals surface area contributed by atoms with Crippen molar-refractivity contribution in [2.45, 2.75) is 39.2 Å². The largest absolute Gasteiger partial charge is 0.444 e. The van der Waals surface area contributed by atoms with Crippen LogP contribution in [0.15, 0.2) is 12.4 Å². The van der Waals surface area contributed by atoms with Gasteiger partial charge in [-0.3, -0.25) is 4.79 Å². The van der Waals surface area contributed by atoms with Crippen molar-refractivity contribution in [3.05, 3.63) is 12.4 Å². The molecular weight excluding hydrogens is 322 g/mol. The van der Waals surface area contributed by atoms with E-state index >= 15 is 0 Å². The first-order valence-electron chi connectivity index (χ1n) is 8.67. The highest BCUT2D eigenvalue weighted by atomic mass is 16.6. The maximum absolute atomic E-state index is 12.1. The van der Waals surface area contributed by atoms with Crippen LogP contribution in [0.1, 0.15) is 33.6 Å². The van der Waals surface area contributed by atoms with E-state index in [4.69, 9.17) is 4.74 Å². The summed E-state index contributed by atoms with van der Waals surface area (Å²) in [5.41, 5.74) is -0.491. The lowest BCUT2D eigenvalue weighted by atomic mass is 10.2. The van der Waals surface area contributed by atoms with Crippen molar-refractivity contribution in [2.24, 2.45) is 5.92 Å². The number of carbonyl (C=O) groups is 2. The third-order valence-corrected chi connectivity index (χ3v) is 4.11. The topological polar surface area (TPSA) is 87.7 Å². The molecule has 2 heterocycles. The fourth-order valence-electron chi connectivity index (χ4n) is 2.61. The zero-order valence-corrected chi connectivity index (χ0v) is 15.0. The van der Waals surface area contributed by atoms with E-state index in [1.165, 1.54) is 6.33 Å². The van der Waals surface area contributed by atoms with Crippen molar-refractivity contribution in [3.63, 3.8) is 0 Å².